The Balaban J connectivity index is 2.26. The largest absolute Gasteiger partial charge is 0.384 e. The minimum absolute atomic E-state index is 0.510. The maximum Gasteiger partial charge on any atom is 0.153 e. The minimum atomic E-state index is 0.510. The molecule has 1 aromatic rings. The van der Waals surface area contributed by atoms with Gasteiger partial charge in [0.05, 0.1) is 6.20 Å². The van der Waals surface area contributed by atoms with Crippen LogP contribution in [0.3, 0.4) is 0 Å². The van der Waals surface area contributed by atoms with Gasteiger partial charge in [-0.1, -0.05) is 0 Å². The number of hydrogen-bond donors (Lipinski definition) is 0. The quantitative estimate of drug-likeness (QED) is 0.548. The zero-order valence-corrected chi connectivity index (χ0v) is 4.13. The Kier molecular flexibility index (Phi) is 1.17. The number of hydrogen-bond acceptors (Lipinski definition) is 2. The van der Waals surface area contributed by atoms with Gasteiger partial charge in [0.15, 0.2) is 6.73 Å². The average Bonchev–Trinajstić information content (AvgIpc) is 1.55. The van der Waals surface area contributed by atoms with Gasteiger partial charge in [0, 0.05) is 7.11 Å². The highest BCUT2D eigenvalue weighted by Crippen LogP contribution is 1.88. The van der Waals surface area contributed by atoms with E-state index in [1.807, 2.05) is 0 Å². The summed E-state index contributed by atoms with van der Waals surface area (Å²) in [7, 11) is 1.62. The smallest absolute Gasteiger partial charge is 0.153 e. The van der Waals surface area contributed by atoms with E-state index in [0.29, 0.717) is 6.73 Å². The lowest BCUT2D eigenvalue weighted by Crippen LogP contribution is -2.00. The third-order valence-corrected chi connectivity index (χ3v) is 0.680. The van der Waals surface area contributed by atoms with E-state index < -0.39 is 0 Å². The average molecular weight is 101 g/mol. The fraction of sp³-hybridized carbons (Fsp3) is 0.500. The normalized spacial score (nSPS) is 9.86. The second kappa shape index (κ2) is 1.84. The molecule has 0 saturated carbocycles. The topological polar surface area (TPSA) is 27.3 Å². The van der Waals surface area contributed by atoms with Crippen molar-refractivity contribution < 1.29 is 9.26 Å². The first-order chi connectivity index (χ1) is 3.43. The molecule has 1 aromatic heterocycles. The van der Waals surface area contributed by atoms with Crippen molar-refractivity contribution in [2.75, 3.05) is 7.11 Å². The second-order valence-electron chi connectivity index (χ2n) is 1.23. The molecule has 0 aliphatic rings. The van der Waals surface area contributed by atoms with Crippen LogP contribution in [0.4, 0.5) is 0 Å². The Morgan fingerprint density at radius 3 is 2.71 bits per heavy atom. The molecule has 0 fully saturated rings. The van der Waals surface area contributed by atoms with E-state index in [-0.39, 0.29) is 0 Å². The molecule has 1 rings (SSSR count). The van der Waals surface area contributed by atoms with Crippen LogP contribution < -0.4 is 0 Å². The summed E-state index contributed by atoms with van der Waals surface area (Å²) in [5.41, 5.74) is 0. The summed E-state index contributed by atoms with van der Waals surface area (Å²) >= 11 is 0. The van der Waals surface area contributed by atoms with E-state index >= 15 is 0 Å². The standard InChI is InChI=1S/C4H7NO2/c1-6-4-5-2-3-7-5/h2-3H,4H2,1H3. The van der Waals surface area contributed by atoms with E-state index in [9.17, 15) is 0 Å². The third kappa shape index (κ3) is 0.838. The lowest BCUT2D eigenvalue weighted by molar-refractivity contribution is 0.0409. The fourth-order valence-electron chi connectivity index (χ4n) is 0.348. The summed E-state index contributed by atoms with van der Waals surface area (Å²) in [5, 5.41) is 0. The van der Waals surface area contributed by atoms with Crippen molar-refractivity contribution in [2.24, 2.45) is 0 Å². The molecule has 0 amide bonds. The highest BCUT2D eigenvalue weighted by molar-refractivity contribution is 4.58. The maximum absolute atomic E-state index is 4.70. The van der Waals surface area contributed by atoms with Crippen molar-refractivity contribution in [3.8, 4) is 0 Å². The fourth-order valence-corrected chi connectivity index (χ4v) is 0.348. The Morgan fingerprint density at radius 2 is 2.57 bits per heavy atom. The Morgan fingerprint density at radius 1 is 1.86 bits per heavy atom. The van der Waals surface area contributed by atoms with Gasteiger partial charge >= 0.3 is 0 Å². The lowest BCUT2D eigenvalue weighted by atomic mass is 10.9. The van der Waals surface area contributed by atoms with Gasteiger partial charge in [-0.05, 0) is 0 Å². The number of rotatable bonds is 2. The van der Waals surface area contributed by atoms with E-state index in [4.69, 9.17) is 9.26 Å². The molecule has 7 heavy (non-hydrogen) atoms. The van der Waals surface area contributed by atoms with Crippen molar-refractivity contribution >= 4 is 0 Å². The van der Waals surface area contributed by atoms with E-state index in [0.717, 1.165) is 0 Å². The predicted molar refractivity (Wildman–Crippen MR) is 23.7 cm³/mol. The molecule has 0 saturated heterocycles. The van der Waals surface area contributed by atoms with Gasteiger partial charge in [0.1, 0.15) is 6.26 Å². The molecular formula is C4H7NO2. The SMILES string of the molecule is COCn1cco1. The first-order valence-electron chi connectivity index (χ1n) is 2.02. The molecule has 0 aromatic carbocycles. The molecule has 0 aliphatic carbocycles. The zero-order chi connectivity index (χ0) is 5.11. The molecule has 3 heteroatoms. The van der Waals surface area contributed by atoms with Crippen LogP contribution in [-0.2, 0) is 11.5 Å². The number of ether oxygens (including phenoxy) is 1. The van der Waals surface area contributed by atoms with Crippen molar-refractivity contribution in [2.45, 2.75) is 6.73 Å². The molecule has 0 radical (unpaired) electrons. The summed E-state index contributed by atoms with van der Waals surface area (Å²) in [4.78, 5) is 0. The van der Waals surface area contributed by atoms with Crippen LogP contribution in [0.25, 0.3) is 0 Å². The molecule has 0 aliphatic heterocycles. The van der Waals surface area contributed by atoms with Gasteiger partial charge in [0.25, 0.3) is 0 Å². The van der Waals surface area contributed by atoms with Gasteiger partial charge in [-0.2, -0.15) is 4.74 Å². The van der Waals surface area contributed by atoms with Crippen LogP contribution in [0.1, 0.15) is 0 Å². The molecular weight excluding hydrogens is 94.0 g/mol. The lowest BCUT2D eigenvalue weighted by Gasteiger charge is -2.02. The molecule has 0 spiro atoms. The van der Waals surface area contributed by atoms with Crippen molar-refractivity contribution in [3.63, 3.8) is 0 Å². The van der Waals surface area contributed by atoms with E-state index in [1.165, 1.54) is 0 Å². The molecule has 1 heterocycles. The Labute approximate surface area is 41.4 Å². The Bertz CT molecular complexity index is 113. The summed E-state index contributed by atoms with van der Waals surface area (Å²) in [6.45, 7) is 0.510. The van der Waals surface area contributed by atoms with Crippen LogP contribution in [0.5, 0.6) is 0 Å². The third-order valence-electron chi connectivity index (χ3n) is 0.680. The molecule has 0 unspecified atom stereocenters. The summed E-state index contributed by atoms with van der Waals surface area (Å²) in [6.07, 6.45) is 3.39. The molecule has 40 valence electrons. The summed E-state index contributed by atoms with van der Waals surface area (Å²) < 4.78 is 11.0. The van der Waals surface area contributed by atoms with E-state index in [1.54, 1.807) is 24.3 Å². The number of nitrogens with zero attached hydrogens (tertiary/aromatic N) is 1. The van der Waals surface area contributed by atoms with E-state index in [2.05, 4.69) is 0 Å². The summed E-state index contributed by atoms with van der Waals surface area (Å²) in [5.74, 6) is 0. The number of methoxy groups -OCH3 is 1. The van der Waals surface area contributed by atoms with Gasteiger partial charge in [-0.25, -0.2) is 0 Å². The monoisotopic (exact) mass is 101 g/mol. The zero-order valence-electron chi connectivity index (χ0n) is 4.13. The van der Waals surface area contributed by atoms with Crippen LogP contribution >= 0.6 is 0 Å². The van der Waals surface area contributed by atoms with Crippen molar-refractivity contribution in [1.82, 2.24) is 4.74 Å². The highest BCUT2D eigenvalue weighted by Gasteiger charge is 1.85. The second-order valence-corrected chi connectivity index (χ2v) is 1.23. The minimum Gasteiger partial charge on any atom is -0.384 e. The van der Waals surface area contributed by atoms with Crippen LogP contribution in [0, 0.1) is 0 Å². The van der Waals surface area contributed by atoms with Crippen LogP contribution in [0.15, 0.2) is 17.0 Å². The molecule has 0 N–H and O–H groups in total. The first kappa shape index (κ1) is 4.46. The maximum atomic E-state index is 4.70. The summed E-state index contributed by atoms with van der Waals surface area (Å²) in [6, 6.07) is 0. The molecule has 0 bridgehead atoms. The first-order valence-corrected chi connectivity index (χ1v) is 2.02. The highest BCUT2D eigenvalue weighted by atomic mass is 16.6. The predicted octanol–water partition coefficient (Wildman–Crippen LogP) is 0.685. The molecule has 0 atom stereocenters. The van der Waals surface area contributed by atoms with Crippen LogP contribution in [0.2, 0.25) is 0 Å². The van der Waals surface area contributed by atoms with Gasteiger partial charge in [-0.3, -0.25) is 0 Å². The van der Waals surface area contributed by atoms with Crippen molar-refractivity contribution in [3.05, 3.63) is 12.5 Å². The van der Waals surface area contributed by atoms with Crippen molar-refractivity contribution in [1.29, 1.82) is 0 Å². The number of aromatic nitrogens is 1. The Hall–Kier alpha value is -0.700. The van der Waals surface area contributed by atoms with Gasteiger partial charge < -0.3 is 9.26 Å². The molecule has 3 nitrogen and oxygen atoms in total. The van der Waals surface area contributed by atoms with Gasteiger partial charge in [-0.15, -0.1) is 0 Å². The van der Waals surface area contributed by atoms with Gasteiger partial charge in [0.2, 0.25) is 0 Å². The van der Waals surface area contributed by atoms with Crippen LogP contribution in [-0.4, -0.2) is 11.8 Å².